The van der Waals surface area contributed by atoms with Crippen molar-refractivity contribution in [3.8, 4) is 0 Å². The Labute approximate surface area is 149 Å². The maximum atomic E-state index is 13.4. The molecule has 0 bridgehead atoms. The van der Waals surface area contributed by atoms with Gasteiger partial charge in [0.05, 0.1) is 6.04 Å². The lowest BCUT2D eigenvalue weighted by molar-refractivity contribution is 0.100. The van der Waals surface area contributed by atoms with Crippen LogP contribution in [0.3, 0.4) is 0 Å². The van der Waals surface area contributed by atoms with Crippen LogP contribution < -0.4 is 16.4 Å². The van der Waals surface area contributed by atoms with Gasteiger partial charge in [0.15, 0.2) is 0 Å². The number of anilines is 1. The van der Waals surface area contributed by atoms with Gasteiger partial charge in [0, 0.05) is 22.2 Å². The largest absolute Gasteiger partial charge is 0.459 e. The Morgan fingerprint density at radius 1 is 1.15 bits per heavy atom. The molecule has 7 heteroatoms. The number of nitrogens with one attached hydrogen (secondary N) is 2. The summed E-state index contributed by atoms with van der Waals surface area (Å²) in [5, 5.41) is 6.11. The SMILES string of the molecule is Cc1c(C(C)NC(=O)Nc2ccc(C(N)=O)cc2)oc2ccc(F)cc12. The van der Waals surface area contributed by atoms with Gasteiger partial charge in [-0.15, -0.1) is 0 Å². The number of urea groups is 1. The third-order valence-corrected chi connectivity index (χ3v) is 4.10. The summed E-state index contributed by atoms with van der Waals surface area (Å²) >= 11 is 0. The molecule has 26 heavy (non-hydrogen) atoms. The van der Waals surface area contributed by atoms with E-state index in [9.17, 15) is 14.0 Å². The van der Waals surface area contributed by atoms with Crippen LogP contribution in [0, 0.1) is 12.7 Å². The second-order valence-corrected chi connectivity index (χ2v) is 5.99. The van der Waals surface area contributed by atoms with Crippen molar-refractivity contribution in [3.05, 3.63) is 65.2 Å². The molecule has 4 N–H and O–H groups in total. The number of halogens is 1. The summed E-state index contributed by atoms with van der Waals surface area (Å²) in [4.78, 5) is 23.2. The molecular formula is C19H18FN3O3. The van der Waals surface area contributed by atoms with Crippen LogP contribution in [0.25, 0.3) is 11.0 Å². The highest BCUT2D eigenvalue weighted by molar-refractivity contribution is 5.94. The Morgan fingerprint density at radius 2 is 1.85 bits per heavy atom. The number of furan rings is 1. The molecule has 6 nitrogen and oxygen atoms in total. The predicted molar refractivity (Wildman–Crippen MR) is 96.4 cm³/mol. The molecular weight excluding hydrogens is 337 g/mol. The number of hydrogen-bond donors (Lipinski definition) is 3. The van der Waals surface area contributed by atoms with E-state index in [4.69, 9.17) is 10.2 Å². The van der Waals surface area contributed by atoms with E-state index in [0.717, 1.165) is 5.56 Å². The summed E-state index contributed by atoms with van der Waals surface area (Å²) < 4.78 is 19.2. The zero-order valence-electron chi connectivity index (χ0n) is 14.3. The maximum Gasteiger partial charge on any atom is 0.319 e. The number of rotatable bonds is 4. The molecule has 0 aliphatic carbocycles. The quantitative estimate of drug-likeness (QED) is 0.663. The van der Waals surface area contributed by atoms with Gasteiger partial charge in [-0.3, -0.25) is 4.79 Å². The molecule has 0 aliphatic rings. The molecule has 3 amide bonds. The van der Waals surface area contributed by atoms with Crippen molar-refractivity contribution in [1.82, 2.24) is 5.32 Å². The van der Waals surface area contributed by atoms with Gasteiger partial charge in [-0.1, -0.05) is 0 Å². The summed E-state index contributed by atoms with van der Waals surface area (Å²) in [6, 6.07) is 9.66. The Balaban J connectivity index is 1.71. The van der Waals surface area contributed by atoms with Crippen LogP contribution in [0.5, 0.6) is 0 Å². The van der Waals surface area contributed by atoms with Gasteiger partial charge in [0.1, 0.15) is 17.2 Å². The van der Waals surface area contributed by atoms with Gasteiger partial charge in [-0.25, -0.2) is 9.18 Å². The van der Waals surface area contributed by atoms with Gasteiger partial charge >= 0.3 is 6.03 Å². The Hall–Kier alpha value is -3.35. The number of primary amides is 1. The lowest BCUT2D eigenvalue weighted by Gasteiger charge is -2.13. The highest BCUT2D eigenvalue weighted by Gasteiger charge is 2.19. The minimum atomic E-state index is -0.536. The number of carbonyl (C=O) groups is 2. The Bertz CT molecular complexity index is 980. The van der Waals surface area contributed by atoms with Crippen molar-refractivity contribution in [1.29, 1.82) is 0 Å². The Kier molecular flexibility index (Phi) is 4.62. The van der Waals surface area contributed by atoms with E-state index in [2.05, 4.69) is 10.6 Å². The van der Waals surface area contributed by atoms with E-state index in [0.29, 0.717) is 28.0 Å². The van der Waals surface area contributed by atoms with Crippen LogP contribution in [0.2, 0.25) is 0 Å². The highest BCUT2D eigenvalue weighted by atomic mass is 19.1. The molecule has 0 saturated carbocycles. The minimum absolute atomic E-state index is 0.342. The molecule has 0 saturated heterocycles. The normalized spacial score (nSPS) is 12.0. The highest BCUT2D eigenvalue weighted by Crippen LogP contribution is 2.29. The van der Waals surface area contributed by atoms with Crippen LogP contribution in [0.15, 0.2) is 46.9 Å². The molecule has 1 aromatic heterocycles. The van der Waals surface area contributed by atoms with E-state index in [1.165, 1.54) is 24.3 Å². The molecule has 0 fully saturated rings. The van der Waals surface area contributed by atoms with E-state index in [1.807, 2.05) is 6.92 Å². The first-order chi connectivity index (χ1) is 12.3. The van der Waals surface area contributed by atoms with Crippen LogP contribution >= 0.6 is 0 Å². The van der Waals surface area contributed by atoms with E-state index < -0.39 is 18.0 Å². The van der Waals surface area contributed by atoms with Crippen molar-refractivity contribution >= 4 is 28.6 Å². The minimum Gasteiger partial charge on any atom is -0.459 e. The molecule has 134 valence electrons. The summed E-state index contributed by atoms with van der Waals surface area (Å²) in [5.41, 5.74) is 7.39. The average molecular weight is 355 g/mol. The molecule has 0 aliphatic heterocycles. The summed E-state index contributed by atoms with van der Waals surface area (Å²) in [7, 11) is 0. The number of carbonyl (C=O) groups excluding carboxylic acids is 2. The van der Waals surface area contributed by atoms with Crippen LogP contribution in [0.1, 0.15) is 34.6 Å². The van der Waals surface area contributed by atoms with Crippen LogP contribution in [-0.2, 0) is 0 Å². The molecule has 0 radical (unpaired) electrons. The second kappa shape index (κ2) is 6.87. The van der Waals surface area contributed by atoms with Gasteiger partial charge < -0.3 is 20.8 Å². The first kappa shape index (κ1) is 17.5. The molecule has 1 unspecified atom stereocenters. The first-order valence-electron chi connectivity index (χ1n) is 8.01. The average Bonchev–Trinajstić information content (AvgIpc) is 2.92. The number of nitrogens with two attached hydrogens (primary N) is 1. The fourth-order valence-corrected chi connectivity index (χ4v) is 2.77. The lowest BCUT2D eigenvalue weighted by atomic mass is 10.1. The number of amides is 3. The molecule has 0 spiro atoms. The van der Waals surface area contributed by atoms with E-state index >= 15 is 0 Å². The standard InChI is InChI=1S/C19H18FN3O3/c1-10-15-9-13(20)5-8-16(15)26-17(10)11(2)22-19(25)23-14-6-3-12(4-7-14)18(21)24/h3-9,11H,1-2H3,(H2,21,24)(H2,22,23,25). The third-order valence-electron chi connectivity index (χ3n) is 4.10. The first-order valence-corrected chi connectivity index (χ1v) is 8.01. The van der Waals surface area contributed by atoms with Crippen molar-refractivity contribution in [3.63, 3.8) is 0 Å². The third kappa shape index (κ3) is 3.51. The number of fused-ring (bicyclic) bond motifs is 1. The number of hydrogen-bond acceptors (Lipinski definition) is 3. The molecule has 2 aromatic carbocycles. The number of aryl methyl sites for hydroxylation is 1. The van der Waals surface area contributed by atoms with Gasteiger partial charge in [-0.2, -0.15) is 0 Å². The van der Waals surface area contributed by atoms with E-state index in [1.54, 1.807) is 25.1 Å². The Morgan fingerprint density at radius 3 is 2.50 bits per heavy atom. The molecule has 3 aromatic rings. The zero-order chi connectivity index (χ0) is 18.8. The monoisotopic (exact) mass is 355 g/mol. The van der Waals surface area contributed by atoms with Crippen LogP contribution in [-0.4, -0.2) is 11.9 Å². The van der Waals surface area contributed by atoms with Gasteiger partial charge in [-0.05, 0) is 56.3 Å². The zero-order valence-corrected chi connectivity index (χ0v) is 14.3. The summed E-state index contributed by atoms with van der Waals surface area (Å²) in [5.74, 6) is -0.318. The van der Waals surface area contributed by atoms with Gasteiger partial charge in [0.2, 0.25) is 5.91 Å². The van der Waals surface area contributed by atoms with Crippen molar-refractivity contribution < 1.29 is 18.4 Å². The van der Waals surface area contributed by atoms with E-state index in [-0.39, 0.29) is 5.82 Å². The number of benzene rings is 2. The predicted octanol–water partition coefficient (Wildman–Crippen LogP) is 3.86. The van der Waals surface area contributed by atoms with Crippen molar-refractivity contribution in [2.24, 2.45) is 5.73 Å². The van der Waals surface area contributed by atoms with Crippen molar-refractivity contribution in [2.75, 3.05) is 5.32 Å². The lowest BCUT2D eigenvalue weighted by Crippen LogP contribution is -2.31. The summed E-state index contributed by atoms with van der Waals surface area (Å²) in [6.45, 7) is 3.59. The molecule has 1 atom stereocenters. The fraction of sp³-hybridized carbons (Fsp3) is 0.158. The maximum absolute atomic E-state index is 13.4. The molecule has 1 heterocycles. The van der Waals surface area contributed by atoms with Crippen molar-refractivity contribution in [2.45, 2.75) is 19.9 Å². The topological polar surface area (TPSA) is 97.4 Å². The second-order valence-electron chi connectivity index (χ2n) is 5.99. The summed E-state index contributed by atoms with van der Waals surface area (Å²) in [6.07, 6.45) is 0. The fourth-order valence-electron chi connectivity index (χ4n) is 2.77. The molecule has 3 rings (SSSR count). The smallest absolute Gasteiger partial charge is 0.319 e. The van der Waals surface area contributed by atoms with Crippen LogP contribution in [0.4, 0.5) is 14.9 Å². The van der Waals surface area contributed by atoms with Gasteiger partial charge in [0.25, 0.3) is 0 Å².